The molecule has 0 aliphatic rings. The van der Waals surface area contributed by atoms with Crippen LogP contribution in [-0.2, 0) is 5.92 Å². The fourth-order valence-electron chi connectivity index (χ4n) is 2.09. The number of hydrogen-bond acceptors (Lipinski definition) is 5. The number of benzene rings is 1. The van der Waals surface area contributed by atoms with Crippen molar-refractivity contribution in [1.82, 2.24) is 9.99 Å². The van der Waals surface area contributed by atoms with Crippen molar-refractivity contribution in [2.45, 2.75) is 11.8 Å². The number of rotatable bonds is 6. The monoisotopic (exact) mass is 425 g/mol. The summed E-state index contributed by atoms with van der Waals surface area (Å²) in [4.78, 5) is 3.70. The minimum absolute atomic E-state index is 0.230. The summed E-state index contributed by atoms with van der Waals surface area (Å²) in [5.41, 5.74) is -0.395. The van der Waals surface area contributed by atoms with Gasteiger partial charge in [0, 0.05) is 18.0 Å². The summed E-state index contributed by atoms with van der Waals surface area (Å²) in [7, 11) is 0. The Balaban J connectivity index is 2.49. The maximum atomic E-state index is 14.9. The molecule has 0 amide bonds. The number of nitrogens with zero attached hydrogens (tertiary/aromatic N) is 3. The number of hydrogen-bond donors (Lipinski definition) is 2. The van der Waals surface area contributed by atoms with Gasteiger partial charge in [-0.1, -0.05) is 6.07 Å². The first-order chi connectivity index (χ1) is 11.3. The van der Waals surface area contributed by atoms with Crippen molar-refractivity contribution in [3.63, 3.8) is 0 Å². The molecule has 1 aromatic heterocycles. The molecule has 1 aromatic carbocycles. The normalized spacial score (nSPS) is 13.4. The Hall–Kier alpha value is -1.72. The zero-order chi connectivity index (χ0) is 17.9. The molecule has 0 saturated carbocycles. The number of alkyl halides is 2. The van der Waals surface area contributed by atoms with E-state index in [1.165, 1.54) is 5.38 Å². The molecule has 11 heteroatoms. The SMILES string of the molecule is N/N=C\N(N)CC(c1ccc(F)cc1F)C(F)(F)c1nc(Br)cs1. The van der Waals surface area contributed by atoms with Crippen molar-refractivity contribution in [1.29, 1.82) is 0 Å². The molecule has 0 bridgehead atoms. The summed E-state index contributed by atoms with van der Waals surface area (Å²) in [5.74, 6) is 3.20. The van der Waals surface area contributed by atoms with Crippen LogP contribution in [0.4, 0.5) is 17.6 Å². The largest absolute Gasteiger partial charge is 0.322 e. The molecule has 5 nitrogen and oxygen atoms in total. The third-order valence-corrected chi connectivity index (χ3v) is 4.78. The van der Waals surface area contributed by atoms with Crippen LogP contribution in [0.2, 0.25) is 0 Å². The highest BCUT2D eigenvalue weighted by Crippen LogP contribution is 2.44. The Morgan fingerprint density at radius 1 is 1.42 bits per heavy atom. The van der Waals surface area contributed by atoms with Crippen LogP contribution in [0, 0.1) is 11.6 Å². The van der Waals surface area contributed by atoms with Crippen LogP contribution >= 0.6 is 27.3 Å². The van der Waals surface area contributed by atoms with Crippen molar-refractivity contribution in [3.05, 3.63) is 50.4 Å². The highest BCUT2D eigenvalue weighted by molar-refractivity contribution is 9.10. The van der Waals surface area contributed by atoms with Crippen molar-refractivity contribution in [2.75, 3.05) is 6.54 Å². The average Bonchev–Trinajstić information content (AvgIpc) is 2.93. The van der Waals surface area contributed by atoms with Crippen LogP contribution in [0.1, 0.15) is 16.5 Å². The molecule has 0 aliphatic carbocycles. The molecule has 2 rings (SSSR count). The molecule has 1 atom stereocenters. The molecule has 2 aromatic rings. The second-order valence-electron chi connectivity index (χ2n) is 4.78. The molecule has 1 heterocycles. The van der Waals surface area contributed by atoms with Crippen molar-refractivity contribution < 1.29 is 17.6 Å². The van der Waals surface area contributed by atoms with Gasteiger partial charge >= 0.3 is 5.92 Å². The maximum Gasteiger partial charge on any atom is 0.307 e. The molecule has 0 radical (unpaired) electrons. The van der Waals surface area contributed by atoms with Crippen LogP contribution in [-0.4, -0.2) is 22.9 Å². The predicted molar refractivity (Wildman–Crippen MR) is 86.4 cm³/mol. The van der Waals surface area contributed by atoms with E-state index in [2.05, 4.69) is 26.0 Å². The molecule has 24 heavy (non-hydrogen) atoms. The average molecular weight is 426 g/mol. The van der Waals surface area contributed by atoms with Crippen LogP contribution in [0.3, 0.4) is 0 Å². The lowest BCUT2D eigenvalue weighted by Crippen LogP contribution is -2.40. The van der Waals surface area contributed by atoms with Gasteiger partial charge < -0.3 is 5.84 Å². The standard InChI is InChI=1S/C13H12BrF4N5S/c14-11-5-24-12(22-11)13(17,18)9(4-23(20)6-21-19)8-2-1-7(15)3-10(8)16/h1-3,5-6,9H,4,19-20H2/b21-6-. The lowest BCUT2D eigenvalue weighted by atomic mass is 9.91. The molecule has 0 aliphatic heterocycles. The third-order valence-electron chi connectivity index (χ3n) is 3.15. The topological polar surface area (TPSA) is 80.5 Å². The number of hydrazine groups is 1. The quantitative estimate of drug-likeness (QED) is 0.245. The first kappa shape index (κ1) is 18.6. The smallest absolute Gasteiger partial charge is 0.307 e. The van der Waals surface area contributed by atoms with Gasteiger partial charge in [-0.15, -0.1) is 11.3 Å². The van der Waals surface area contributed by atoms with Crippen LogP contribution in [0.5, 0.6) is 0 Å². The van der Waals surface area contributed by atoms with Crippen LogP contribution in [0.25, 0.3) is 0 Å². The van der Waals surface area contributed by atoms with E-state index in [0.29, 0.717) is 17.4 Å². The van der Waals surface area contributed by atoms with Crippen LogP contribution < -0.4 is 11.7 Å². The van der Waals surface area contributed by atoms with E-state index in [9.17, 15) is 17.6 Å². The fraction of sp³-hybridized carbons (Fsp3) is 0.231. The van der Waals surface area contributed by atoms with E-state index >= 15 is 0 Å². The van der Waals surface area contributed by atoms with Gasteiger partial charge in [-0.05, 0) is 27.6 Å². The highest BCUT2D eigenvalue weighted by Gasteiger charge is 2.46. The van der Waals surface area contributed by atoms with Gasteiger partial charge in [0.1, 0.15) is 22.6 Å². The van der Waals surface area contributed by atoms with Crippen LogP contribution in [0.15, 0.2) is 33.3 Å². The first-order valence-corrected chi connectivity index (χ1v) is 8.12. The summed E-state index contributed by atoms with van der Waals surface area (Å²) >= 11 is 3.71. The van der Waals surface area contributed by atoms with Gasteiger partial charge in [-0.2, -0.15) is 13.9 Å². The first-order valence-electron chi connectivity index (χ1n) is 6.44. The predicted octanol–water partition coefficient (Wildman–Crippen LogP) is 3.14. The van der Waals surface area contributed by atoms with E-state index in [4.69, 9.17) is 11.7 Å². The molecular weight excluding hydrogens is 414 g/mol. The number of aromatic nitrogens is 1. The van der Waals surface area contributed by atoms with Crippen molar-refractivity contribution in [2.24, 2.45) is 16.8 Å². The van der Waals surface area contributed by atoms with E-state index in [1.807, 2.05) is 0 Å². The zero-order valence-electron chi connectivity index (χ0n) is 12.0. The summed E-state index contributed by atoms with van der Waals surface area (Å²) in [5, 5.41) is 4.78. The Morgan fingerprint density at radius 2 is 2.12 bits per heavy atom. The molecule has 1 unspecified atom stereocenters. The lowest BCUT2D eigenvalue weighted by Gasteiger charge is -2.28. The number of thiazole rings is 1. The Bertz CT molecular complexity index is 739. The van der Waals surface area contributed by atoms with Crippen molar-refractivity contribution in [3.8, 4) is 0 Å². The van der Waals surface area contributed by atoms with Gasteiger partial charge in [0.25, 0.3) is 0 Å². The Kier molecular flexibility index (Phi) is 5.78. The molecule has 130 valence electrons. The summed E-state index contributed by atoms with van der Waals surface area (Å²) in [6.07, 6.45) is 0.919. The highest BCUT2D eigenvalue weighted by atomic mass is 79.9. The molecular formula is C13H12BrF4N5S. The van der Waals surface area contributed by atoms with Gasteiger partial charge in [-0.25, -0.2) is 19.6 Å². The second kappa shape index (κ2) is 7.45. The minimum atomic E-state index is -3.56. The number of hydrazone groups is 1. The second-order valence-corrected chi connectivity index (χ2v) is 6.45. The molecule has 0 saturated heterocycles. The van der Waals surface area contributed by atoms with E-state index < -0.39 is 40.6 Å². The van der Waals surface area contributed by atoms with Gasteiger partial charge in [0.15, 0.2) is 5.01 Å². The molecule has 4 N–H and O–H groups in total. The molecule has 0 fully saturated rings. The zero-order valence-corrected chi connectivity index (χ0v) is 14.4. The van der Waals surface area contributed by atoms with Crippen molar-refractivity contribution >= 4 is 33.6 Å². The van der Waals surface area contributed by atoms with Gasteiger partial charge in [-0.3, -0.25) is 5.01 Å². The minimum Gasteiger partial charge on any atom is -0.322 e. The fourth-order valence-corrected chi connectivity index (χ4v) is 3.38. The van der Waals surface area contributed by atoms with E-state index in [1.54, 1.807) is 0 Å². The maximum absolute atomic E-state index is 14.9. The Morgan fingerprint density at radius 3 is 2.67 bits per heavy atom. The lowest BCUT2D eigenvalue weighted by molar-refractivity contribution is -0.0405. The number of halogens is 5. The third kappa shape index (κ3) is 4.02. The summed E-state index contributed by atoms with van der Waals surface area (Å²) < 4.78 is 57.2. The van der Waals surface area contributed by atoms with E-state index in [0.717, 1.165) is 23.5 Å². The number of nitrogens with two attached hydrogens (primary N) is 2. The summed E-state index contributed by atoms with van der Waals surface area (Å²) in [6, 6.07) is 2.39. The van der Waals surface area contributed by atoms with Gasteiger partial charge in [0.05, 0.1) is 5.92 Å². The van der Waals surface area contributed by atoms with E-state index in [-0.39, 0.29) is 4.60 Å². The van der Waals surface area contributed by atoms with Gasteiger partial charge in [0.2, 0.25) is 0 Å². The Labute approximate surface area is 147 Å². The molecule has 0 spiro atoms. The summed E-state index contributed by atoms with van der Waals surface area (Å²) in [6.45, 7) is -0.520.